The van der Waals surface area contributed by atoms with E-state index in [0.717, 1.165) is 12.1 Å². The summed E-state index contributed by atoms with van der Waals surface area (Å²) in [6.07, 6.45) is 9.33. The van der Waals surface area contributed by atoms with E-state index < -0.39 is 0 Å². The van der Waals surface area contributed by atoms with E-state index in [0.29, 0.717) is 0 Å². The van der Waals surface area contributed by atoms with Crippen molar-refractivity contribution in [2.75, 3.05) is 0 Å². The molecule has 0 saturated heterocycles. The zero-order chi connectivity index (χ0) is 18.6. The van der Waals surface area contributed by atoms with Gasteiger partial charge >= 0.3 is 0 Å². The number of allylic oxidation sites excluding steroid dienone is 7. The van der Waals surface area contributed by atoms with Crippen LogP contribution in [-0.4, -0.2) is 0 Å². The van der Waals surface area contributed by atoms with E-state index in [-0.39, 0.29) is 5.41 Å². The lowest BCUT2D eigenvalue weighted by molar-refractivity contribution is 0.732. The number of nitrogens with two attached hydrogens (primary N) is 1. The van der Waals surface area contributed by atoms with Crippen LogP contribution in [0, 0.1) is 0 Å². The molecule has 1 aliphatic rings. The van der Waals surface area contributed by atoms with Gasteiger partial charge in [-0.2, -0.15) is 0 Å². The molecule has 0 heterocycles. The smallest absolute Gasteiger partial charge is 0.0686 e. The summed E-state index contributed by atoms with van der Waals surface area (Å²) >= 11 is 0. The van der Waals surface area contributed by atoms with E-state index in [1.807, 2.05) is 19.1 Å². The van der Waals surface area contributed by atoms with Crippen LogP contribution in [0.3, 0.4) is 0 Å². The molecule has 2 N–H and O–H groups in total. The zero-order valence-electron chi connectivity index (χ0n) is 15.9. The Morgan fingerprint density at radius 1 is 0.885 bits per heavy atom. The molecule has 3 rings (SSSR count). The third-order valence-electron chi connectivity index (χ3n) is 5.20. The minimum atomic E-state index is -0.345. The average molecular weight is 341 g/mol. The van der Waals surface area contributed by atoms with Gasteiger partial charge in [0.05, 0.1) is 5.41 Å². The Hall–Kier alpha value is -2.80. The van der Waals surface area contributed by atoms with Gasteiger partial charge < -0.3 is 5.73 Å². The van der Waals surface area contributed by atoms with Crippen molar-refractivity contribution in [1.29, 1.82) is 0 Å². The fourth-order valence-electron chi connectivity index (χ4n) is 4.21. The summed E-state index contributed by atoms with van der Waals surface area (Å²) in [7, 11) is 0. The second kappa shape index (κ2) is 7.61. The quantitative estimate of drug-likeness (QED) is 0.719. The largest absolute Gasteiger partial charge is 0.399 e. The third kappa shape index (κ3) is 2.84. The van der Waals surface area contributed by atoms with E-state index in [1.165, 1.54) is 27.8 Å². The molecule has 2 aromatic carbocycles. The van der Waals surface area contributed by atoms with Crippen LogP contribution in [-0.2, 0) is 5.41 Å². The van der Waals surface area contributed by atoms with Gasteiger partial charge in [0.15, 0.2) is 0 Å². The van der Waals surface area contributed by atoms with Crippen LogP contribution < -0.4 is 5.73 Å². The van der Waals surface area contributed by atoms with E-state index in [2.05, 4.69) is 86.7 Å². The van der Waals surface area contributed by atoms with Crippen molar-refractivity contribution in [3.8, 4) is 0 Å². The first-order valence-electron chi connectivity index (χ1n) is 9.22. The van der Waals surface area contributed by atoms with Gasteiger partial charge in [-0.25, -0.2) is 0 Å². The summed E-state index contributed by atoms with van der Waals surface area (Å²) in [4.78, 5) is 0. The molecule has 1 nitrogen and oxygen atoms in total. The molecule has 0 saturated carbocycles. The van der Waals surface area contributed by atoms with E-state index in [1.54, 1.807) is 0 Å². The Morgan fingerprint density at radius 3 is 1.88 bits per heavy atom. The van der Waals surface area contributed by atoms with Crippen LogP contribution >= 0.6 is 0 Å². The normalized spacial score (nSPS) is 18.9. The Labute approximate surface area is 157 Å². The van der Waals surface area contributed by atoms with Crippen LogP contribution in [0.4, 0.5) is 0 Å². The molecule has 0 aromatic heterocycles. The summed E-state index contributed by atoms with van der Waals surface area (Å²) < 4.78 is 0. The Kier molecular flexibility index (Phi) is 5.27. The standard InChI is InChI=1S/C25H27N/c1-4-12-22-19(3)18-23(24(26)13-5-2)25(22,20-14-8-6-9-15-20)21-16-10-7-11-17-21/h4-17H,18,26H2,1-3H3/b12-4-,13-5-,24-23-. The highest BCUT2D eigenvalue weighted by atomic mass is 14.6. The highest BCUT2D eigenvalue weighted by molar-refractivity contribution is 5.67. The number of hydrogen-bond acceptors (Lipinski definition) is 1. The monoisotopic (exact) mass is 341 g/mol. The van der Waals surface area contributed by atoms with Crippen molar-refractivity contribution in [2.45, 2.75) is 32.6 Å². The third-order valence-corrected chi connectivity index (χ3v) is 5.20. The van der Waals surface area contributed by atoms with Crippen LogP contribution in [0.1, 0.15) is 38.3 Å². The van der Waals surface area contributed by atoms with Crippen molar-refractivity contribution >= 4 is 0 Å². The predicted octanol–water partition coefficient (Wildman–Crippen LogP) is 6.06. The Morgan fingerprint density at radius 2 is 1.42 bits per heavy atom. The van der Waals surface area contributed by atoms with Gasteiger partial charge in [-0.1, -0.05) is 84.5 Å². The fourth-order valence-corrected chi connectivity index (χ4v) is 4.21. The molecule has 132 valence electrons. The van der Waals surface area contributed by atoms with Gasteiger partial charge in [0.1, 0.15) is 0 Å². The van der Waals surface area contributed by atoms with Gasteiger partial charge in [0.25, 0.3) is 0 Å². The van der Waals surface area contributed by atoms with Gasteiger partial charge in [-0.15, -0.1) is 0 Å². The molecule has 0 spiro atoms. The summed E-state index contributed by atoms with van der Waals surface area (Å²) in [6, 6.07) is 21.5. The van der Waals surface area contributed by atoms with Crippen molar-refractivity contribution < 1.29 is 0 Å². The SMILES string of the molecule is C/C=C\C1=C(C)C/C(=C(N)\C=C/C)C1(c1ccccc1)c1ccccc1. The van der Waals surface area contributed by atoms with Crippen molar-refractivity contribution in [2.24, 2.45) is 5.73 Å². The lowest BCUT2D eigenvalue weighted by Gasteiger charge is -2.36. The van der Waals surface area contributed by atoms with Crippen molar-refractivity contribution in [3.05, 3.63) is 119 Å². The predicted molar refractivity (Wildman–Crippen MR) is 112 cm³/mol. The van der Waals surface area contributed by atoms with Gasteiger partial charge in [0.2, 0.25) is 0 Å². The van der Waals surface area contributed by atoms with Crippen molar-refractivity contribution in [1.82, 2.24) is 0 Å². The maximum Gasteiger partial charge on any atom is 0.0686 e. The van der Waals surface area contributed by atoms with Crippen LogP contribution in [0.5, 0.6) is 0 Å². The maximum absolute atomic E-state index is 6.60. The lowest BCUT2D eigenvalue weighted by Crippen LogP contribution is -2.31. The molecule has 0 bridgehead atoms. The van der Waals surface area contributed by atoms with E-state index in [4.69, 9.17) is 5.73 Å². The van der Waals surface area contributed by atoms with Crippen LogP contribution in [0.25, 0.3) is 0 Å². The molecule has 26 heavy (non-hydrogen) atoms. The Bertz CT molecular complexity index is 841. The lowest BCUT2D eigenvalue weighted by atomic mass is 9.66. The second-order valence-electron chi connectivity index (χ2n) is 6.79. The van der Waals surface area contributed by atoms with Gasteiger partial charge in [-0.3, -0.25) is 0 Å². The minimum Gasteiger partial charge on any atom is -0.399 e. The first kappa shape index (κ1) is 18.0. The van der Waals surface area contributed by atoms with Crippen molar-refractivity contribution in [3.63, 3.8) is 0 Å². The first-order valence-corrected chi connectivity index (χ1v) is 9.22. The highest BCUT2D eigenvalue weighted by Gasteiger charge is 2.46. The summed E-state index contributed by atoms with van der Waals surface area (Å²) in [6.45, 7) is 6.33. The summed E-state index contributed by atoms with van der Waals surface area (Å²) in [5.74, 6) is 0. The molecule has 1 heteroatoms. The maximum atomic E-state index is 6.60. The van der Waals surface area contributed by atoms with Gasteiger partial charge in [-0.05, 0) is 55.5 Å². The fraction of sp³-hybridized carbons (Fsp3) is 0.200. The minimum absolute atomic E-state index is 0.345. The van der Waals surface area contributed by atoms with E-state index >= 15 is 0 Å². The second-order valence-corrected chi connectivity index (χ2v) is 6.79. The topological polar surface area (TPSA) is 26.0 Å². The Balaban J connectivity index is 2.46. The number of rotatable bonds is 4. The highest BCUT2D eigenvalue weighted by Crippen LogP contribution is 2.54. The summed E-state index contributed by atoms with van der Waals surface area (Å²) in [5, 5.41) is 0. The van der Waals surface area contributed by atoms with Crippen LogP contribution in [0.2, 0.25) is 0 Å². The molecule has 1 aliphatic carbocycles. The van der Waals surface area contributed by atoms with Crippen LogP contribution in [0.15, 0.2) is 107 Å². The molecule has 0 atom stereocenters. The first-order chi connectivity index (χ1) is 12.7. The number of benzene rings is 2. The molecular formula is C25H27N. The molecular weight excluding hydrogens is 314 g/mol. The average Bonchev–Trinajstić information content (AvgIpc) is 2.97. The molecule has 0 amide bonds. The molecule has 0 unspecified atom stereocenters. The molecule has 0 aliphatic heterocycles. The van der Waals surface area contributed by atoms with E-state index in [9.17, 15) is 0 Å². The molecule has 0 fully saturated rings. The summed E-state index contributed by atoms with van der Waals surface area (Å²) in [5.41, 5.74) is 13.6. The molecule has 2 aromatic rings. The zero-order valence-corrected chi connectivity index (χ0v) is 15.9. The van der Waals surface area contributed by atoms with Gasteiger partial charge in [0, 0.05) is 5.70 Å². The number of hydrogen-bond donors (Lipinski definition) is 1. The molecule has 0 radical (unpaired) electrons.